The smallest absolute Gasteiger partial charge is 0.221 e. The van der Waals surface area contributed by atoms with Crippen molar-refractivity contribution >= 4 is 0 Å². The molecule has 5 heteroatoms. The first-order valence-corrected chi connectivity index (χ1v) is 9.29. The first kappa shape index (κ1) is 18.8. The lowest BCUT2D eigenvalue weighted by atomic mass is 10.1. The number of nitrogens with zero attached hydrogens (tertiary/aromatic N) is 1. The molecular weight excluding hydrogens is 366 g/mol. The van der Waals surface area contributed by atoms with Crippen molar-refractivity contribution in [2.75, 3.05) is 7.11 Å². The van der Waals surface area contributed by atoms with Crippen LogP contribution in [0.25, 0.3) is 22.6 Å². The first-order chi connectivity index (χ1) is 14.3. The predicted molar refractivity (Wildman–Crippen MR) is 111 cm³/mol. The van der Waals surface area contributed by atoms with Gasteiger partial charge in [-0.05, 0) is 54.1 Å². The Kier molecular flexibility index (Phi) is 5.59. The summed E-state index contributed by atoms with van der Waals surface area (Å²) in [6.45, 7) is 0.247. The molecule has 4 aromatic rings. The van der Waals surface area contributed by atoms with Gasteiger partial charge in [-0.2, -0.15) is 0 Å². The van der Waals surface area contributed by atoms with Gasteiger partial charge < -0.3 is 19.0 Å². The maximum atomic E-state index is 9.48. The zero-order valence-corrected chi connectivity index (χ0v) is 16.0. The van der Waals surface area contributed by atoms with Gasteiger partial charge in [0.1, 0.15) is 30.4 Å². The molecule has 1 N–H and O–H groups in total. The Labute approximate surface area is 169 Å². The summed E-state index contributed by atoms with van der Waals surface area (Å²) < 4.78 is 16.8. The number of ether oxygens (including phenoxy) is 2. The summed E-state index contributed by atoms with van der Waals surface area (Å²) >= 11 is 0. The molecule has 0 amide bonds. The average Bonchev–Trinajstić information content (AvgIpc) is 3.23. The second kappa shape index (κ2) is 8.63. The zero-order valence-electron chi connectivity index (χ0n) is 16.0. The molecule has 1 aromatic heterocycles. The molecule has 4 rings (SSSR count). The SMILES string of the molecule is COc1ccc(-c2oc(CO)nc2-c2ccc(OCc3ccccc3)cc2)cc1. The number of aromatic nitrogens is 1. The van der Waals surface area contributed by atoms with Crippen LogP contribution in [-0.4, -0.2) is 17.2 Å². The number of hydrogen-bond donors (Lipinski definition) is 1. The first-order valence-electron chi connectivity index (χ1n) is 9.29. The molecule has 0 saturated carbocycles. The van der Waals surface area contributed by atoms with Crippen molar-refractivity contribution in [2.45, 2.75) is 13.2 Å². The molecule has 0 aliphatic carbocycles. The molecule has 29 heavy (non-hydrogen) atoms. The number of rotatable bonds is 7. The highest BCUT2D eigenvalue weighted by molar-refractivity contribution is 5.77. The van der Waals surface area contributed by atoms with Crippen molar-refractivity contribution in [2.24, 2.45) is 0 Å². The molecule has 0 saturated heterocycles. The lowest BCUT2D eigenvalue weighted by Gasteiger charge is -2.07. The third-order valence-corrected chi connectivity index (χ3v) is 4.54. The molecule has 1 heterocycles. The van der Waals surface area contributed by atoms with Crippen molar-refractivity contribution < 1.29 is 19.0 Å². The number of oxazole rings is 1. The van der Waals surface area contributed by atoms with Crippen molar-refractivity contribution in [3.63, 3.8) is 0 Å². The van der Waals surface area contributed by atoms with Crippen LogP contribution in [0, 0.1) is 0 Å². The number of methoxy groups -OCH3 is 1. The van der Waals surface area contributed by atoms with Crippen LogP contribution in [0.15, 0.2) is 83.3 Å². The fourth-order valence-corrected chi connectivity index (χ4v) is 3.02. The summed E-state index contributed by atoms with van der Waals surface area (Å²) in [7, 11) is 1.63. The van der Waals surface area contributed by atoms with Crippen LogP contribution >= 0.6 is 0 Å². The highest BCUT2D eigenvalue weighted by atomic mass is 16.5. The summed E-state index contributed by atoms with van der Waals surface area (Å²) in [4.78, 5) is 4.45. The normalized spacial score (nSPS) is 10.7. The van der Waals surface area contributed by atoms with Crippen molar-refractivity contribution in [1.82, 2.24) is 4.98 Å². The van der Waals surface area contributed by atoms with Gasteiger partial charge in [0.05, 0.1) is 7.11 Å². The van der Waals surface area contributed by atoms with E-state index in [-0.39, 0.29) is 12.5 Å². The van der Waals surface area contributed by atoms with Crippen molar-refractivity contribution in [1.29, 1.82) is 0 Å². The minimum absolute atomic E-state index is 0.262. The number of aliphatic hydroxyl groups excluding tert-OH is 1. The van der Waals surface area contributed by atoms with Crippen LogP contribution < -0.4 is 9.47 Å². The molecule has 0 aliphatic heterocycles. The van der Waals surface area contributed by atoms with Crippen LogP contribution in [0.5, 0.6) is 11.5 Å². The fourth-order valence-electron chi connectivity index (χ4n) is 3.02. The molecule has 5 nitrogen and oxygen atoms in total. The molecule has 3 aromatic carbocycles. The van der Waals surface area contributed by atoms with Gasteiger partial charge in [0.25, 0.3) is 0 Å². The van der Waals surface area contributed by atoms with E-state index in [0.29, 0.717) is 18.1 Å². The Morgan fingerprint density at radius 1 is 0.828 bits per heavy atom. The molecule has 0 bridgehead atoms. The van der Waals surface area contributed by atoms with Crippen LogP contribution in [0.2, 0.25) is 0 Å². The average molecular weight is 387 g/mol. The van der Waals surface area contributed by atoms with E-state index in [4.69, 9.17) is 13.9 Å². The Morgan fingerprint density at radius 3 is 2.14 bits per heavy atom. The Bertz CT molecular complexity index is 1050. The van der Waals surface area contributed by atoms with Gasteiger partial charge >= 0.3 is 0 Å². The van der Waals surface area contributed by atoms with Crippen molar-refractivity contribution in [3.05, 3.63) is 90.3 Å². The number of hydrogen-bond acceptors (Lipinski definition) is 5. The van der Waals surface area contributed by atoms with E-state index in [1.54, 1.807) is 7.11 Å². The van der Waals surface area contributed by atoms with E-state index in [0.717, 1.165) is 28.2 Å². The second-order valence-electron chi connectivity index (χ2n) is 6.47. The van der Waals surface area contributed by atoms with Gasteiger partial charge in [0.2, 0.25) is 5.89 Å². The van der Waals surface area contributed by atoms with Crippen LogP contribution in [0.1, 0.15) is 11.5 Å². The Morgan fingerprint density at radius 2 is 1.48 bits per heavy atom. The number of benzene rings is 3. The van der Waals surface area contributed by atoms with Gasteiger partial charge in [-0.15, -0.1) is 0 Å². The minimum atomic E-state index is -0.262. The monoisotopic (exact) mass is 387 g/mol. The summed E-state index contributed by atoms with van der Waals surface area (Å²) in [5.74, 6) is 2.41. The molecule has 0 fully saturated rings. The van der Waals surface area contributed by atoms with Crippen LogP contribution in [0.4, 0.5) is 0 Å². The van der Waals surface area contributed by atoms with E-state index in [1.165, 1.54) is 0 Å². The topological polar surface area (TPSA) is 64.7 Å². The van der Waals surface area contributed by atoms with Crippen LogP contribution in [0.3, 0.4) is 0 Å². The Balaban J connectivity index is 1.58. The molecule has 0 spiro atoms. The summed E-state index contributed by atoms with van der Waals surface area (Å²) in [6.07, 6.45) is 0. The Hall–Kier alpha value is -3.57. The molecular formula is C24H21NO4. The van der Waals surface area contributed by atoms with E-state index in [2.05, 4.69) is 4.98 Å². The minimum Gasteiger partial charge on any atom is -0.497 e. The summed E-state index contributed by atoms with van der Waals surface area (Å²) in [6, 6.07) is 25.2. The van der Waals surface area contributed by atoms with E-state index >= 15 is 0 Å². The van der Waals surface area contributed by atoms with Gasteiger partial charge in [0, 0.05) is 11.1 Å². The molecule has 0 atom stereocenters. The summed E-state index contributed by atoms with van der Waals surface area (Å²) in [5.41, 5.74) is 3.53. The highest BCUT2D eigenvalue weighted by Gasteiger charge is 2.17. The van der Waals surface area contributed by atoms with Gasteiger partial charge in [-0.25, -0.2) is 4.98 Å². The molecule has 0 aliphatic rings. The zero-order chi connectivity index (χ0) is 20.1. The second-order valence-corrected chi connectivity index (χ2v) is 6.47. The maximum Gasteiger partial charge on any atom is 0.221 e. The van der Waals surface area contributed by atoms with Gasteiger partial charge in [0.15, 0.2) is 5.76 Å². The standard InChI is InChI=1S/C24H21NO4/c1-27-20-11-9-19(10-12-20)24-23(25-22(15-26)29-24)18-7-13-21(14-8-18)28-16-17-5-3-2-4-6-17/h2-14,26H,15-16H2,1H3. The fraction of sp³-hybridized carbons (Fsp3) is 0.125. The summed E-state index contributed by atoms with van der Waals surface area (Å²) in [5, 5.41) is 9.48. The van der Waals surface area contributed by atoms with Crippen LogP contribution in [-0.2, 0) is 13.2 Å². The molecule has 146 valence electrons. The molecule has 0 radical (unpaired) electrons. The van der Waals surface area contributed by atoms with E-state index in [9.17, 15) is 5.11 Å². The third-order valence-electron chi connectivity index (χ3n) is 4.54. The van der Waals surface area contributed by atoms with Gasteiger partial charge in [-0.1, -0.05) is 30.3 Å². The lowest BCUT2D eigenvalue weighted by Crippen LogP contribution is -1.94. The lowest BCUT2D eigenvalue weighted by molar-refractivity contribution is 0.241. The largest absolute Gasteiger partial charge is 0.497 e. The number of aliphatic hydroxyl groups is 1. The maximum absolute atomic E-state index is 9.48. The van der Waals surface area contributed by atoms with Crippen molar-refractivity contribution in [3.8, 4) is 34.1 Å². The highest BCUT2D eigenvalue weighted by Crippen LogP contribution is 2.34. The predicted octanol–water partition coefficient (Wildman–Crippen LogP) is 5.09. The third kappa shape index (κ3) is 4.31. The van der Waals surface area contributed by atoms with E-state index < -0.39 is 0 Å². The van der Waals surface area contributed by atoms with Gasteiger partial charge in [-0.3, -0.25) is 0 Å². The quantitative estimate of drug-likeness (QED) is 0.479. The van der Waals surface area contributed by atoms with E-state index in [1.807, 2.05) is 78.9 Å². The molecule has 0 unspecified atom stereocenters.